The highest BCUT2D eigenvalue weighted by atomic mass is 16.4. The largest absolute Gasteiger partial charge is 0.548 e. The normalized spacial score (nSPS) is 32.1. The van der Waals surface area contributed by atoms with Gasteiger partial charge in [0.1, 0.15) is 0 Å². The van der Waals surface area contributed by atoms with E-state index in [4.69, 9.17) is 0 Å². The van der Waals surface area contributed by atoms with Crippen molar-refractivity contribution >= 4 is 5.97 Å². The number of carbonyl (C=O) groups is 1. The molecule has 0 unspecified atom stereocenters. The van der Waals surface area contributed by atoms with Crippen molar-refractivity contribution in [1.29, 1.82) is 0 Å². The average Bonchev–Trinajstić information content (AvgIpc) is 2.13. The molecule has 0 aromatic carbocycles. The van der Waals surface area contributed by atoms with Gasteiger partial charge in [-0.25, -0.2) is 0 Å². The first-order valence-corrected chi connectivity index (χ1v) is 2.85. The quantitative estimate of drug-likeness (QED) is 0.483. The number of hydrogen-bond acceptors (Lipinski definition) is 3. The maximum Gasteiger partial charge on any atom is 0.0713 e. The summed E-state index contributed by atoms with van der Waals surface area (Å²) in [5, 5.41) is 12.9. The van der Waals surface area contributed by atoms with Crippen LogP contribution in [-0.4, -0.2) is 12.0 Å². The van der Waals surface area contributed by atoms with Crippen LogP contribution in [0.25, 0.3) is 0 Å². The predicted octanol–water partition coefficient (Wildman–Crippen LogP) is -1.14. The number of aliphatic carboxylic acids is 1. The van der Waals surface area contributed by atoms with E-state index in [0.29, 0.717) is 0 Å². The molecule has 0 bridgehead atoms. The number of rotatable bonds is 1. The lowest BCUT2D eigenvalue weighted by molar-refractivity contribution is -0.308. The molecule has 0 aromatic heterocycles. The standard InChI is InChI=1S/C6H9NO2/c1-4-2-3-7-5(4)6(8)9/h2-5,7H,1H3,(H,8,9)/p-1/t4-,5-/m1/s1. The summed E-state index contributed by atoms with van der Waals surface area (Å²) in [6.45, 7) is 1.83. The molecule has 0 saturated heterocycles. The monoisotopic (exact) mass is 126 g/mol. The lowest BCUT2D eigenvalue weighted by Crippen LogP contribution is -2.44. The fourth-order valence-corrected chi connectivity index (χ4v) is 0.857. The number of hydrogen-bond donors (Lipinski definition) is 1. The second-order valence-electron chi connectivity index (χ2n) is 2.18. The van der Waals surface area contributed by atoms with Crippen LogP contribution in [0.2, 0.25) is 0 Å². The minimum absolute atomic E-state index is 0.0509. The molecule has 0 fully saturated rings. The van der Waals surface area contributed by atoms with Crippen molar-refractivity contribution in [3.8, 4) is 0 Å². The van der Waals surface area contributed by atoms with Crippen molar-refractivity contribution in [3.63, 3.8) is 0 Å². The predicted molar refractivity (Wildman–Crippen MR) is 30.2 cm³/mol. The zero-order chi connectivity index (χ0) is 6.85. The van der Waals surface area contributed by atoms with Crippen LogP contribution in [0.3, 0.4) is 0 Å². The molecule has 0 spiro atoms. The van der Waals surface area contributed by atoms with Crippen LogP contribution in [0, 0.1) is 5.92 Å². The Morgan fingerprint density at radius 2 is 2.44 bits per heavy atom. The first-order chi connectivity index (χ1) is 4.22. The van der Waals surface area contributed by atoms with E-state index >= 15 is 0 Å². The van der Waals surface area contributed by atoms with E-state index in [2.05, 4.69) is 5.32 Å². The van der Waals surface area contributed by atoms with Gasteiger partial charge >= 0.3 is 0 Å². The first-order valence-electron chi connectivity index (χ1n) is 2.85. The van der Waals surface area contributed by atoms with E-state index in [9.17, 15) is 9.90 Å². The molecule has 1 rings (SSSR count). The van der Waals surface area contributed by atoms with Gasteiger partial charge in [0, 0.05) is 5.92 Å². The molecule has 3 heteroatoms. The highest BCUT2D eigenvalue weighted by Gasteiger charge is 2.17. The van der Waals surface area contributed by atoms with E-state index in [1.165, 1.54) is 0 Å². The minimum atomic E-state index is -1.03. The third-order valence-electron chi connectivity index (χ3n) is 1.46. The van der Waals surface area contributed by atoms with Crippen molar-refractivity contribution < 1.29 is 9.90 Å². The Bertz CT molecular complexity index is 153. The number of nitrogens with one attached hydrogen (secondary N) is 1. The highest BCUT2D eigenvalue weighted by Crippen LogP contribution is 2.08. The smallest absolute Gasteiger partial charge is 0.0713 e. The molecule has 1 heterocycles. The van der Waals surface area contributed by atoms with E-state index in [1.807, 2.05) is 6.92 Å². The summed E-state index contributed by atoms with van der Waals surface area (Å²) >= 11 is 0. The number of carboxylic acid groups (broad SMARTS) is 1. The fourth-order valence-electron chi connectivity index (χ4n) is 0.857. The second-order valence-corrected chi connectivity index (χ2v) is 2.18. The summed E-state index contributed by atoms with van der Waals surface area (Å²) in [7, 11) is 0. The lowest BCUT2D eigenvalue weighted by atomic mass is 10.1. The van der Waals surface area contributed by atoms with Gasteiger partial charge in [-0.15, -0.1) is 0 Å². The number of carbonyl (C=O) groups excluding carboxylic acids is 1. The zero-order valence-electron chi connectivity index (χ0n) is 5.13. The molecule has 0 aliphatic carbocycles. The Hall–Kier alpha value is -0.990. The van der Waals surface area contributed by atoms with Crippen molar-refractivity contribution in [1.82, 2.24) is 5.32 Å². The third kappa shape index (κ3) is 1.04. The van der Waals surface area contributed by atoms with Crippen molar-refractivity contribution in [2.45, 2.75) is 13.0 Å². The summed E-state index contributed by atoms with van der Waals surface area (Å²) in [6.07, 6.45) is 3.45. The van der Waals surface area contributed by atoms with E-state index in [1.54, 1.807) is 12.3 Å². The summed E-state index contributed by atoms with van der Waals surface area (Å²) in [4.78, 5) is 10.2. The van der Waals surface area contributed by atoms with Crippen molar-refractivity contribution in [2.24, 2.45) is 5.92 Å². The molecular weight excluding hydrogens is 118 g/mol. The van der Waals surface area contributed by atoms with Crippen LogP contribution in [0.5, 0.6) is 0 Å². The molecule has 0 saturated carbocycles. The Morgan fingerprint density at radius 3 is 2.67 bits per heavy atom. The van der Waals surface area contributed by atoms with Gasteiger partial charge in [-0.05, 0) is 6.20 Å². The van der Waals surface area contributed by atoms with E-state index in [-0.39, 0.29) is 5.92 Å². The van der Waals surface area contributed by atoms with Crippen LogP contribution in [0.1, 0.15) is 6.92 Å². The van der Waals surface area contributed by atoms with Gasteiger partial charge in [-0.1, -0.05) is 13.0 Å². The maximum atomic E-state index is 10.2. The van der Waals surface area contributed by atoms with Gasteiger partial charge in [-0.2, -0.15) is 0 Å². The van der Waals surface area contributed by atoms with Gasteiger partial charge in [0.15, 0.2) is 0 Å². The summed E-state index contributed by atoms with van der Waals surface area (Å²) in [5.41, 5.74) is 0. The van der Waals surface area contributed by atoms with Gasteiger partial charge < -0.3 is 15.2 Å². The number of carboxylic acids is 1. The molecule has 0 radical (unpaired) electrons. The SMILES string of the molecule is C[C@@H]1C=CN[C@H]1C(=O)[O-]. The molecule has 1 N–H and O–H groups in total. The Balaban J connectivity index is 2.55. The Labute approximate surface area is 53.4 Å². The van der Waals surface area contributed by atoms with Crippen LogP contribution in [-0.2, 0) is 4.79 Å². The van der Waals surface area contributed by atoms with Crippen LogP contribution in [0.4, 0.5) is 0 Å². The molecule has 1 aliphatic rings. The van der Waals surface area contributed by atoms with Crippen molar-refractivity contribution in [2.75, 3.05) is 0 Å². The summed E-state index contributed by atoms with van der Waals surface area (Å²) in [6, 6.07) is -0.523. The molecule has 50 valence electrons. The minimum Gasteiger partial charge on any atom is -0.548 e. The van der Waals surface area contributed by atoms with Crippen molar-refractivity contribution in [3.05, 3.63) is 12.3 Å². The average molecular weight is 126 g/mol. The van der Waals surface area contributed by atoms with E-state index in [0.717, 1.165) is 0 Å². The van der Waals surface area contributed by atoms with Crippen LogP contribution < -0.4 is 10.4 Å². The maximum absolute atomic E-state index is 10.2. The van der Waals surface area contributed by atoms with E-state index < -0.39 is 12.0 Å². The topological polar surface area (TPSA) is 52.2 Å². The summed E-state index contributed by atoms with van der Waals surface area (Å²) < 4.78 is 0. The van der Waals surface area contributed by atoms with Gasteiger partial charge in [0.25, 0.3) is 0 Å². The fraction of sp³-hybridized carbons (Fsp3) is 0.500. The Morgan fingerprint density at radius 1 is 1.78 bits per heavy atom. The highest BCUT2D eigenvalue weighted by molar-refractivity contribution is 5.72. The molecule has 1 aliphatic heterocycles. The molecule has 3 nitrogen and oxygen atoms in total. The third-order valence-corrected chi connectivity index (χ3v) is 1.46. The molecule has 0 aromatic rings. The molecular formula is C6H8NO2-. The second kappa shape index (κ2) is 2.09. The molecule has 2 atom stereocenters. The van der Waals surface area contributed by atoms with Gasteiger partial charge in [0.05, 0.1) is 12.0 Å². The Kier molecular flexibility index (Phi) is 1.42. The summed E-state index contributed by atoms with van der Waals surface area (Å²) in [5.74, 6) is -0.984. The molecule has 0 amide bonds. The van der Waals surface area contributed by atoms with Gasteiger partial charge in [0.2, 0.25) is 0 Å². The lowest BCUT2D eigenvalue weighted by Gasteiger charge is -2.16. The first kappa shape index (κ1) is 6.13. The zero-order valence-corrected chi connectivity index (χ0v) is 5.13. The van der Waals surface area contributed by atoms with Crippen LogP contribution in [0.15, 0.2) is 12.3 Å². The van der Waals surface area contributed by atoms with Crippen LogP contribution >= 0.6 is 0 Å². The molecule has 9 heavy (non-hydrogen) atoms. The van der Waals surface area contributed by atoms with Gasteiger partial charge in [-0.3, -0.25) is 0 Å².